The van der Waals surface area contributed by atoms with Crippen LogP contribution >= 0.6 is 11.3 Å². The topological polar surface area (TPSA) is 34.0 Å². The van der Waals surface area contributed by atoms with Crippen LogP contribution in [0, 0.1) is 19.8 Å². The van der Waals surface area contributed by atoms with E-state index in [1.165, 1.54) is 28.5 Å². The molecule has 1 fully saturated rings. The Hall–Kier alpha value is -1.36. The van der Waals surface area contributed by atoms with Crippen molar-refractivity contribution >= 4 is 16.5 Å². The third-order valence-corrected chi connectivity index (χ3v) is 5.05. The summed E-state index contributed by atoms with van der Waals surface area (Å²) < 4.78 is 2.06. The molecule has 0 spiro atoms. The van der Waals surface area contributed by atoms with Gasteiger partial charge in [-0.2, -0.15) is 5.10 Å². The maximum absolute atomic E-state index is 4.60. The normalized spacial score (nSPS) is 16.9. The van der Waals surface area contributed by atoms with Crippen molar-refractivity contribution in [2.24, 2.45) is 5.92 Å². The number of aryl methyl sites for hydroxylation is 2. The Labute approximate surface area is 124 Å². The van der Waals surface area contributed by atoms with Gasteiger partial charge in [-0.05, 0) is 38.7 Å². The zero-order valence-corrected chi connectivity index (χ0v) is 13.3. The van der Waals surface area contributed by atoms with Crippen molar-refractivity contribution in [3.63, 3.8) is 0 Å². The molecule has 108 valence electrons. The van der Waals surface area contributed by atoms with E-state index >= 15 is 0 Å². The summed E-state index contributed by atoms with van der Waals surface area (Å²) in [4.78, 5) is 8.31. The average molecular weight is 290 g/mol. The largest absolute Gasteiger partial charge is 0.348 e. The molecule has 0 amide bonds. The zero-order valence-electron chi connectivity index (χ0n) is 12.5. The van der Waals surface area contributed by atoms with Gasteiger partial charge in [-0.1, -0.05) is 18.3 Å². The molecule has 0 bridgehead atoms. The summed E-state index contributed by atoms with van der Waals surface area (Å²) in [5, 5.41) is 5.69. The zero-order chi connectivity index (χ0) is 14.1. The van der Waals surface area contributed by atoms with Crippen LogP contribution in [0.3, 0.4) is 0 Å². The first kappa shape index (κ1) is 13.6. The van der Waals surface area contributed by atoms with Gasteiger partial charge in [-0.15, -0.1) is 0 Å². The highest BCUT2D eigenvalue weighted by molar-refractivity contribution is 7.15. The molecule has 20 heavy (non-hydrogen) atoms. The minimum absolute atomic E-state index is 0.835. The molecule has 0 aliphatic carbocycles. The Bertz CT molecular complexity index is 578. The van der Waals surface area contributed by atoms with Gasteiger partial charge in [0.25, 0.3) is 0 Å². The number of piperidine rings is 1. The van der Waals surface area contributed by atoms with E-state index in [2.05, 4.69) is 39.6 Å². The van der Waals surface area contributed by atoms with Crippen LogP contribution in [-0.4, -0.2) is 27.9 Å². The Kier molecular flexibility index (Phi) is 3.78. The molecule has 0 radical (unpaired) electrons. The third kappa shape index (κ3) is 2.87. The van der Waals surface area contributed by atoms with Gasteiger partial charge in [0.15, 0.2) is 5.13 Å². The fraction of sp³-hybridized carbons (Fsp3) is 0.600. The highest BCUT2D eigenvalue weighted by atomic mass is 32.1. The summed E-state index contributed by atoms with van der Waals surface area (Å²) in [5.41, 5.74) is 2.29. The first-order chi connectivity index (χ1) is 9.61. The maximum Gasteiger partial charge on any atom is 0.185 e. The van der Waals surface area contributed by atoms with E-state index in [1.54, 1.807) is 0 Å². The van der Waals surface area contributed by atoms with Crippen molar-refractivity contribution in [3.05, 3.63) is 28.5 Å². The molecular formula is C15H22N4S. The molecule has 1 aliphatic rings. The predicted molar refractivity (Wildman–Crippen MR) is 83.5 cm³/mol. The average Bonchev–Trinajstić information content (AvgIpc) is 2.98. The minimum Gasteiger partial charge on any atom is -0.348 e. The van der Waals surface area contributed by atoms with Crippen LogP contribution in [0.4, 0.5) is 5.13 Å². The van der Waals surface area contributed by atoms with Gasteiger partial charge in [-0.25, -0.2) is 4.98 Å². The van der Waals surface area contributed by atoms with Gasteiger partial charge in [0.05, 0.1) is 12.2 Å². The van der Waals surface area contributed by atoms with Gasteiger partial charge in [0.2, 0.25) is 0 Å². The highest BCUT2D eigenvalue weighted by Crippen LogP contribution is 2.27. The van der Waals surface area contributed by atoms with Gasteiger partial charge >= 0.3 is 0 Å². The molecule has 0 saturated carbocycles. The van der Waals surface area contributed by atoms with Crippen molar-refractivity contribution in [2.45, 2.75) is 40.2 Å². The van der Waals surface area contributed by atoms with Gasteiger partial charge in [-0.3, -0.25) is 4.68 Å². The molecule has 5 heteroatoms. The molecule has 0 unspecified atom stereocenters. The Morgan fingerprint density at radius 3 is 2.70 bits per heavy atom. The second-order valence-corrected chi connectivity index (χ2v) is 6.96. The smallest absolute Gasteiger partial charge is 0.185 e. The van der Waals surface area contributed by atoms with Crippen LogP contribution in [0.5, 0.6) is 0 Å². The van der Waals surface area contributed by atoms with Crippen molar-refractivity contribution in [3.8, 4) is 0 Å². The lowest BCUT2D eigenvalue weighted by molar-refractivity contribution is 0.438. The van der Waals surface area contributed by atoms with E-state index in [0.29, 0.717) is 0 Å². The number of anilines is 1. The van der Waals surface area contributed by atoms with Crippen LogP contribution in [-0.2, 0) is 6.54 Å². The molecule has 2 aromatic heterocycles. The monoisotopic (exact) mass is 290 g/mol. The molecule has 0 atom stereocenters. The Morgan fingerprint density at radius 2 is 2.05 bits per heavy atom. The van der Waals surface area contributed by atoms with E-state index in [0.717, 1.165) is 31.2 Å². The van der Waals surface area contributed by atoms with E-state index in [-0.39, 0.29) is 0 Å². The Balaban J connectivity index is 1.69. The van der Waals surface area contributed by atoms with E-state index < -0.39 is 0 Å². The molecule has 2 aromatic rings. The second-order valence-electron chi connectivity index (χ2n) is 5.86. The lowest BCUT2D eigenvalue weighted by Gasteiger charge is -2.29. The lowest BCUT2D eigenvalue weighted by atomic mass is 10.00. The third-order valence-electron chi connectivity index (χ3n) is 4.00. The standard InChI is InChI=1S/C15H22N4S/c1-11-4-6-18(7-5-11)15-16-9-14(20-15)10-19-13(3)8-12(2)17-19/h8-9,11H,4-7,10H2,1-3H3. The minimum atomic E-state index is 0.835. The molecule has 0 aromatic carbocycles. The van der Waals surface area contributed by atoms with Crippen molar-refractivity contribution in [1.29, 1.82) is 0 Å². The molecule has 3 rings (SSSR count). The number of aromatic nitrogens is 3. The lowest BCUT2D eigenvalue weighted by Crippen LogP contribution is -2.32. The van der Waals surface area contributed by atoms with Gasteiger partial charge in [0.1, 0.15) is 0 Å². The van der Waals surface area contributed by atoms with Crippen molar-refractivity contribution in [2.75, 3.05) is 18.0 Å². The number of hydrogen-bond acceptors (Lipinski definition) is 4. The molecule has 3 heterocycles. The summed E-state index contributed by atoms with van der Waals surface area (Å²) >= 11 is 1.81. The summed E-state index contributed by atoms with van der Waals surface area (Å²) in [7, 11) is 0. The second kappa shape index (κ2) is 5.56. The molecule has 1 aliphatic heterocycles. The number of thiazole rings is 1. The number of rotatable bonds is 3. The first-order valence-corrected chi connectivity index (χ1v) is 8.14. The summed E-state index contributed by atoms with van der Waals surface area (Å²) in [6.45, 7) is 9.61. The fourth-order valence-electron chi connectivity index (χ4n) is 2.70. The van der Waals surface area contributed by atoms with Crippen LogP contribution in [0.25, 0.3) is 0 Å². The predicted octanol–water partition coefficient (Wildman–Crippen LogP) is 3.24. The summed E-state index contributed by atoms with van der Waals surface area (Å²) in [5.74, 6) is 0.861. The molecule has 0 N–H and O–H groups in total. The van der Waals surface area contributed by atoms with Gasteiger partial charge < -0.3 is 4.90 Å². The number of hydrogen-bond donors (Lipinski definition) is 0. The van der Waals surface area contributed by atoms with Gasteiger partial charge in [0, 0.05) is 29.9 Å². The first-order valence-electron chi connectivity index (χ1n) is 7.32. The fourth-order valence-corrected chi connectivity index (χ4v) is 3.64. The van der Waals surface area contributed by atoms with Crippen LogP contribution < -0.4 is 4.90 Å². The van der Waals surface area contributed by atoms with Crippen LogP contribution in [0.1, 0.15) is 36.0 Å². The van der Waals surface area contributed by atoms with E-state index in [9.17, 15) is 0 Å². The molecule has 1 saturated heterocycles. The molecule has 4 nitrogen and oxygen atoms in total. The molecular weight excluding hydrogens is 268 g/mol. The number of nitrogens with zero attached hydrogens (tertiary/aromatic N) is 4. The van der Waals surface area contributed by atoms with Crippen LogP contribution in [0.2, 0.25) is 0 Å². The maximum atomic E-state index is 4.60. The van der Waals surface area contributed by atoms with E-state index in [1.807, 2.05) is 24.5 Å². The van der Waals surface area contributed by atoms with E-state index in [4.69, 9.17) is 0 Å². The quantitative estimate of drug-likeness (QED) is 0.870. The van der Waals surface area contributed by atoms with Crippen molar-refractivity contribution < 1.29 is 0 Å². The highest BCUT2D eigenvalue weighted by Gasteiger charge is 2.18. The summed E-state index contributed by atoms with van der Waals surface area (Å²) in [6.07, 6.45) is 4.58. The summed E-state index contributed by atoms with van der Waals surface area (Å²) in [6, 6.07) is 2.12. The SMILES string of the molecule is Cc1cc(C)n(Cc2cnc(N3CCC(C)CC3)s2)n1. The van der Waals surface area contributed by atoms with Crippen molar-refractivity contribution in [1.82, 2.24) is 14.8 Å². The Morgan fingerprint density at radius 1 is 1.30 bits per heavy atom. The van der Waals surface area contributed by atoms with Crippen LogP contribution in [0.15, 0.2) is 12.3 Å².